The van der Waals surface area contributed by atoms with Gasteiger partial charge < -0.3 is 15.7 Å². The molecule has 0 aliphatic carbocycles. The quantitative estimate of drug-likeness (QED) is 0.686. The number of terminal acetylenes is 1. The monoisotopic (exact) mass is 267 g/mol. The van der Waals surface area contributed by atoms with E-state index >= 15 is 0 Å². The SMILES string of the molecule is C#CCC(NC(=O)NCc1csc(C)n1)C(=O)O. The molecule has 6 nitrogen and oxygen atoms in total. The Morgan fingerprint density at radius 2 is 2.39 bits per heavy atom. The van der Waals surface area contributed by atoms with Crippen LogP contribution in [0.1, 0.15) is 17.1 Å². The first-order chi connectivity index (χ1) is 8.52. The third-order valence-corrected chi connectivity index (χ3v) is 2.84. The molecule has 0 fully saturated rings. The third kappa shape index (κ3) is 4.43. The van der Waals surface area contributed by atoms with Crippen molar-refractivity contribution in [3.8, 4) is 12.3 Å². The van der Waals surface area contributed by atoms with Crippen LogP contribution in [0.15, 0.2) is 5.38 Å². The zero-order valence-corrected chi connectivity index (χ0v) is 10.6. The van der Waals surface area contributed by atoms with Gasteiger partial charge in [0.25, 0.3) is 0 Å². The lowest BCUT2D eigenvalue weighted by Crippen LogP contribution is -2.45. The van der Waals surface area contributed by atoms with Gasteiger partial charge in [-0.3, -0.25) is 0 Å². The molecule has 7 heteroatoms. The summed E-state index contributed by atoms with van der Waals surface area (Å²) in [5.41, 5.74) is 0.733. The second-order valence-electron chi connectivity index (χ2n) is 3.48. The van der Waals surface area contributed by atoms with Gasteiger partial charge in [0.15, 0.2) is 0 Å². The van der Waals surface area contributed by atoms with Crippen LogP contribution in [0.5, 0.6) is 0 Å². The smallest absolute Gasteiger partial charge is 0.327 e. The summed E-state index contributed by atoms with van der Waals surface area (Å²) in [6.07, 6.45) is 4.96. The first-order valence-corrected chi connectivity index (χ1v) is 6.02. The van der Waals surface area contributed by atoms with Crippen LogP contribution in [-0.4, -0.2) is 28.1 Å². The third-order valence-electron chi connectivity index (χ3n) is 2.02. The molecule has 0 aromatic carbocycles. The summed E-state index contributed by atoms with van der Waals surface area (Å²) in [6, 6.07) is -1.66. The van der Waals surface area contributed by atoms with E-state index in [-0.39, 0.29) is 13.0 Å². The van der Waals surface area contributed by atoms with Gasteiger partial charge in [-0.25, -0.2) is 14.6 Å². The number of urea groups is 1. The van der Waals surface area contributed by atoms with E-state index in [2.05, 4.69) is 21.5 Å². The Labute approximate surface area is 108 Å². The number of rotatable bonds is 5. The summed E-state index contributed by atoms with van der Waals surface area (Å²) in [6.45, 7) is 2.11. The minimum absolute atomic E-state index is 0.0570. The van der Waals surface area contributed by atoms with Crippen LogP contribution in [-0.2, 0) is 11.3 Å². The number of thiazole rings is 1. The number of nitrogens with zero attached hydrogens (tertiary/aromatic N) is 1. The van der Waals surface area contributed by atoms with E-state index in [0.717, 1.165) is 10.7 Å². The molecular formula is C11H13N3O3S. The van der Waals surface area contributed by atoms with Crippen molar-refractivity contribution in [2.24, 2.45) is 0 Å². The fourth-order valence-corrected chi connectivity index (χ4v) is 1.80. The fourth-order valence-electron chi connectivity index (χ4n) is 1.19. The second kappa shape index (κ2) is 6.61. The summed E-state index contributed by atoms with van der Waals surface area (Å²) < 4.78 is 0. The van der Waals surface area contributed by atoms with Crippen LogP contribution in [0.3, 0.4) is 0 Å². The van der Waals surface area contributed by atoms with Crippen molar-refractivity contribution in [2.45, 2.75) is 25.9 Å². The molecule has 1 rings (SSSR count). The molecule has 96 valence electrons. The van der Waals surface area contributed by atoms with Crippen molar-refractivity contribution < 1.29 is 14.7 Å². The van der Waals surface area contributed by atoms with Crippen LogP contribution >= 0.6 is 11.3 Å². The molecule has 3 N–H and O–H groups in total. The Morgan fingerprint density at radius 1 is 1.67 bits per heavy atom. The number of carboxylic acid groups (broad SMARTS) is 1. The molecule has 0 radical (unpaired) electrons. The molecule has 0 saturated heterocycles. The maximum Gasteiger partial charge on any atom is 0.327 e. The van der Waals surface area contributed by atoms with E-state index in [1.54, 1.807) is 0 Å². The topological polar surface area (TPSA) is 91.3 Å². The molecule has 0 aliphatic heterocycles. The number of hydrogen-bond donors (Lipinski definition) is 3. The Hall–Kier alpha value is -2.07. The summed E-state index contributed by atoms with van der Waals surface area (Å²) in [5, 5.41) is 16.3. The molecule has 2 amide bonds. The van der Waals surface area contributed by atoms with Gasteiger partial charge in [-0.2, -0.15) is 0 Å². The number of carboxylic acids is 1. The van der Waals surface area contributed by atoms with Gasteiger partial charge >= 0.3 is 12.0 Å². The highest BCUT2D eigenvalue weighted by atomic mass is 32.1. The highest BCUT2D eigenvalue weighted by Crippen LogP contribution is 2.07. The van der Waals surface area contributed by atoms with Gasteiger partial charge in [0.05, 0.1) is 17.2 Å². The highest BCUT2D eigenvalue weighted by Gasteiger charge is 2.18. The number of aryl methyl sites for hydroxylation is 1. The molecule has 0 aliphatic rings. The predicted molar refractivity (Wildman–Crippen MR) is 67.1 cm³/mol. The molecule has 1 aromatic rings. The number of hydrogen-bond acceptors (Lipinski definition) is 4. The predicted octanol–water partition coefficient (Wildman–Crippen LogP) is 0.727. The van der Waals surface area contributed by atoms with Crippen molar-refractivity contribution in [3.05, 3.63) is 16.1 Å². The lowest BCUT2D eigenvalue weighted by Gasteiger charge is -2.12. The number of aliphatic carboxylic acids is 1. The largest absolute Gasteiger partial charge is 0.480 e. The lowest BCUT2D eigenvalue weighted by molar-refractivity contribution is -0.139. The second-order valence-corrected chi connectivity index (χ2v) is 4.55. The molecule has 0 bridgehead atoms. The number of nitrogens with one attached hydrogen (secondary N) is 2. The van der Waals surface area contributed by atoms with Gasteiger partial charge in [0, 0.05) is 11.8 Å². The maximum absolute atomic E-state index is 11.4. The molecule has 18 heavy (non-hydrogen) atoms. The van der Waals surface area contributed by atoms with Crippen molar-refractivity contribution in [3.63, 3.8) is 0 Å². The zero-order valence-electron chi connectivity index (χ0n) is 9.77. The molecular weight excluding hydrogens is 254 g/mol. The van der Waals surface area contributed by atoms with Gasteiger partial charge in [-0.05, 0) is 6.92 Å². The average molecular weight is 267 g/mol. The summed E-state index contributed by atoms with van der Waals surface area (Å²) in [5.74, 6) is 1.04. The normalized spacial score (nSPS) is 11.3. The number of aromatic nitrogens is 1. The van der Waals surface area contributed by atoms with E-state index in [1.165, 1.54) is 11.3 Å². The van der Waals surface area contributed by atoms with E-state index in [9.17, 15) is 9.59 Å². The van der Waals surface area contributed by atoms with Crippen molar-refractivity contribution in [1.29, 1.82) is 0 Å². The van der Waals surface area contributed by atoms with E-state index in [4.69, 9.17) is 11.5 Å². The Bertz CT molecular complexity index is 478. The van der Waals surface area contributed by atoms with Crippen LogP contribution in [0, 0.1) is 19.3 Å². The van der Waals surface area contributed by atoms with Gasteiger partial charge in [0.2, 0.25) is 0 Å². The minimum atomic E-state index is -1.16. The van der Waals surface area contributed by atoms with Gasteiger partial charge in [-0.1, -0.05) is 0 Å². The first kappa shape index (κ1) is 14.0. The molecule has 0 spiro atoms. The lowest BCUT2D eigenvalue weighted by atomic mass is 10.2. The Morgan fingerprint density at radius 3 is 2.89 bits per heavy atom. The van der Waals surface area contributed by atoms with E-state index in [0.29, 0.717) is 0 Å². The maximum atomic E-state index is 11.4. The number of carbonyl (C=O) groups excluding carboxylic acids is 1. The zero-order chi connectivity index (χ0) is 13.5. The van der Waals surface area contributed by atoms with Crippen molar-refractivity contribution >= 4 is 23.3 Å². The van der Waals surface area contributed by atoms with Gasteiger partial charge in [0.1, 0.15) is 6.04 Å². The molecule has 0 saturated carbocycles. The molecule has 1 atom stereocenters. The van der Waals surface area contributed by atoms with Crippen LogP contribution in [0.25, 0.3) is 0 Å². The molecule has 1 unspecified atom stereocenters. The number of carbonyl (C=O) groups is 2. The van der Waals surface area contributed by atoms with Gasteiger partial charge in [-0.15, -0.1) is 23.7 Å². The Balaban J connectivity index is 2.41. The van der Waals surface area contributed by atoms with Crippen LogP contribution < -0.4 is 10.6 Å². The number of amides is 2. The summed E-state index contributed by atoms with van der Waals surface area (Å²) in [7, 11) is 0. The van der Waals surface area contributed by atoms with Crippen LogP contribution in [0.4, 0.5) is 4.79 Å². The Kier molecular flexibility index (Phi) is 5.14. The minimum Gasteiger partial charge on any atom is -0.480 e. The van der Waals surface area contributed by atoms with E-state index in [1.807, 2.05) is 12.3 Å². The fraction of sp³-hybridized carbons (Fsp3) is 0.364. The molecule has 1 aromatic heterocycles. The molecule has 1 heterocycles. The van der Waals surface area contributed by atoms with Crippen molar-refractivity contribution in [1.82, 2.24) is 15.6 Å². The standard InChI is InChI=1S/C11H13N3O3S/c1-3-4-9(10(15)16)14-11(17)12-5-8-6-18-7(2)13-8/h1,6,9H,4-5H2,2H3,(H,15,16)(H2,12,14,17). The first-order valence-electron chi connectivity index (χ1n) is 5.14. The van der Waals surface area contributed by atoms with Crippen molar-refractivity contribution in [2.75, 3.05) is 0 Å². The van der Waals surface area contributed by atoms with Crippen LogP contribution in [0.2, 0.25) is 0 Å². The average Bonchev–Trinajstić information content (AvgIpc) is 2.72. The summed E-state index contributed by atoms with van der Waals surface area (Å²) >= 11 is 1.48. The van der Waals surface area contributed by atoms with E-state index < -0.39 is 18.0 Å². The highest BCUT2D eigenvalue weighted by molar-refractivity contribution is 7.09. The summed E-state index contributed by atoms with van der Waals surface area (Å²) in [4.78, 5) is 26.3.